The van der Waals surface area contributed by atoms with E-state index in [1.165, 1.54) is 12.0 Å². The van der Waals surface area contributed by atoms with Crippen LogP contribution in [0.15, 0.2) is 50.1 Å². The molecule has 0 radical (unpaired) electrons. The number of esters is 1. The molecule has 1 aliphatic rings. The van der Waals surface area contributed by atoms with Gasteiger partial charge in [-0.2, -0.15) is 0 Å². The lowest BCUT2D eigenvalue weighted by atomic mass is 9.98. The number of methoxy groups -OCH3 is 1. The van der Waals surface area contributed by atoms with Gasteiger partial charge in [-0.25, -0.2) is 9.78 Å². The van der Waals surface area contributed by atoms with Crippen LogP contribution < -0.4 is 10.3 Å². The summed E-state index contributed by atoms with van der Waals surface area (Å²) in [6.07, 6.45) is 0. The number of fused-ring (bicyclic) bond motifs is 2. The zero-order valence-electron chi connectivity index (χ0n) is 18.8. The molecule has 0 N–H and O–H groups in total. The molecule has 2 aromatic carbocycles. The van der Waals surface area contributed by atoms with E-state index in [2.05, 4.69) is 20.9 Å². The van der Waals surface area contributed by atoms with Crippen molar-refractivity contribution in [2.75, 3.05) is 12.0 Å². The average Bonchev–Trinajstić information content (AvgIpc) is 3.32. The van der Waals surface area contributed by atoms with E-state index in [1.807, 2.05) is 38.1 Å². The number of hydrogen-bond acceptors (Lipinski definition) is 7. The summed E-state index contributed by atoms with van der Waals surface area (Å²) in [6.45, 7) is 5.53. The number of nitrogens with zero attached hydrogens (tertiary/aromatic N) is 2. The molecule has 1 amide bonds. The van der Waals surface area contributed by atoms with E-state index in [9.17, 15) is 14.4 Å². The van der Waals surface area contributed by atoms with E-state index in [1.54, 1.807) is 19.1 Å². The summed E-state index contributed by atoms with van der Waals surface area (Å²) in [7, 11) is 1.29. The van der Waals surface area contributed by atoms with Gasteiger partial charge < -0.3 is 9.15 Å². The molecule has 2 aromatic heterocycles. The maximum absolute atomic E-state index is 13.8. The number of halogens is 1. The highest BCUT2D eigenvalue weighted by Crippen LogP contribution is 2.43. The van der Waals surface area contributed by atoms with Crippen LogP contribution in [0.5, 0.6) is 0 Å². The van der Waals surface area contributed by atoms with Crippen LogP contribution in [0, 0.1) is 20.8 Å². The van der Waals surface area contributed by atoms with E-state index >= 15 is 0 Å². The van der Waals surface area contributed by atoms with Crippen LogP contribution in [0.3, 0.4) is 0 Å². The first-order valence-electron chi connectivity index (χ1n) is 10.4. The topological polar surface area (TPSA) is 89.7 Å². The third-order valence-corrected chi connectivity index (χ3v) is 7.64. The van der Waals surface area contributed by atoms with Crippen molar-refractivity contribution in [3.63, 3.8) is 0 Å². The Kier molecular flexibility index (Phi) is 5.41. The fourth-order valence-corrected chi connectivity index (χ4v) is 5.61. The Morgan fingerprint density at radius 2 is 1.88 bits per heavy atom. The Balaban J connectivity index is 1.80. The number of rotatable bonds is 3. The number of benzene rings is 2. The van der Waals surface area contributed by atoms with E-state index in [0.717, 1.165) is 26.9 Å². The zero-order chi connectivity index (χ0) is 24.3. The Morgan fingerprint density at radius 3 is 2.59 bits per heavy atom. The lowest BCUT2D eigenvalue weighted by molar-refractivity contribution is 0.0605. The van der Waals surface area contributed by atoms with Crippen molar-refractivity contribution in [2.24, 2.45) is 0 Å². The molecule has 9 heteroatoms. The number of carbonyl (C=O) groups excluding carboxylic acids is 2. The van der Waals surface area contributed by atoms with Gasteiger partial charge in [-0.15, -0.1) is 0 Å². The fourth-order valence-electron chi connectivity index (χ4n) is 4.18. The van der Waals surface area contributed by atoms with Gasteiger partial charge in [0.1, 0.15) is 10.5 Å². The quantitative estimate of drug-likeness (QED) is 0.321. The van der Waals surface area contributed by atoms with Crippen molar-refractivity contribution in [1.82, 2.24) is 4.98 Å². The molecule has 3 heterocycles. The molecule has 4 aromatic rings. The predicted molar refractivity (Wildman–Crippen MR) is 133 cm³/mol. The third-order valence-electron chi connectivity index (χ3n) is 6.01. The summed E-state index contributed by atoms with van der Waals surface area (Å²) in [5.41, 5.74) is 3.43. The first-order chi connectivity index (χ1) is 16.2. The highest BCUT2D eigenvalue weighted by atomic mass is 79.9. The Bertz CT molecular complexity index is 1570. The maximum Gasteiger partial charge on any atom is 0.350 e. The molecular formula is C25H19BrN2O5S. The van der Waals surface area contributed by atoms with Crippen LogP contribution in [0.4, 0.5) is 5.13 Å². The minimum absolute atomic E-state index is 0.0156. The number of aromatic nitrogens is 1. The van der Waals surface area contributed by atoms with Crippen molar-refractivity contribution in [2.45, 2.75) is 26.8 Å². The smallest absolute Gasteiger partial charge is 0.350 e. The number of thiazole rings is 1. The number of aryl methyl sites for hydroxylation is 3. The number of ether oxygens (including phenoxy) is 1. The molecule has 1 aliphatic heterocycles. The third kappa shape index (κ3) is 3.38. The molecule has 0 saturated heterocycles. The molecule has 0 saturated carbocycles. The predicted octanol–water partition coefficient (Wildman–Crippen LogP) is 5.47. The van der Waals surface area contributed by atoms with E-state index in [-0.39, 0.29) is 21.9 Å². The summed E-state index contributed by atoms with van der Waals surface area (Å²) < 4.78 is 11.7. The normalized spacial score (nSPS) is 15.1. The van der Waals surface area contributed by atoms with Gasteiger partial charge in [0.2, 0.25) is 5.76 Å². The van der Waals surface area contributed by atoms with E-state index in [4.69, 9.17) is 9.15 Å². The lowest BCUT2D eigenvalue weighted by Gasteiger charge is -2.22. The average molecular weight is 539 g/mol. The van der Waals surface area contributed by atoms with Crippen molar-refractivity contribution in [3.8, 4) is 0 Å². The Morgan fingerprint density at radius 1 is 1.15 bits per heavy atom. The van der Waals surface area contributed by atoms with Crippen molar-refractivity contribution in [3.05, 3.63) is 89.7 Å². The van der Waals surface area contributed by atoms with Gasteiger partial charge in [0.25, 0.3) is 5.91 Å². The van der Waals surface area contributed by atoms with Crippen LogP contribution in [0.2, 0.25) is 0 Å². The van der Waals surface area contributed by atoms with Crippen LogP contribution in [-0.4, -0.2) is 24.0 Å². The number of anilines is 1. The fraction of sp³-hybridized carbons (Fsp3) is 0.200. The zero-order valence-corrected chi connectivity index (χ0v) is 21.2. The van der Waals surface area contributed by atoms with Crippen molar-refractivity contribution >= 4 is 55.2 Å². The van der Waals surface area contributed by atoms with Gasteiger partial charge in [0.05, 0.1) is 29.8 Å². The van der Waals surface area contributed by atoms with Gasteiger partial charge in [-0.05, 0) is 61.7 Å². The van der Waals surface area contributed by atoms with Crippen LogP contribution >= 0.6 is 27.3 Å². The first-order valence-corrected chi connectivity index (χ1v) is 12.0. The van der Waals surface area contributed by atoms with Gasteiger partial charge in [-0.1, -0.05) is 39.4 Å². The van der Waals surface area contributed by atoms with Gasteiger partial charge in [0.15, 0.2) is 10.6 Å². The molecule has 0 bridgehead atoms. The second-order valence-electron chi connectivity index (χ2n) is 8.14. The highest BCUT2D eigenvalue weighted by molar-refractivity contribution is 9.10. The van der Waals surface area contributed by atoms with Crippen LogP contribution in [-0.2, 0) is 4.74 Å². The lowest BCUT2D eigenvalue weighted by Crippen LogP contribution is -2.29. The van der Waals surface area contributed by atoms with Crippen molar-refractivity contribution in [1.29, 1.82) is 0 Å². The molecule has 1 unspecified atom stereocenters. The van der Waals surface area contributed by atoms with Crippen LogP contribution in [0.1, 0.15) is 54.2 Å². The second-order valence-corrected chi connectivity index (χ2v) is 10.0. The first kappa shape index (κ1) is 22.5. The Labute approximate surface area is 207 Å². The molecule has 34 heavy (non-hydrogen) atoms. The summed E-state index contributed by atoms with van der Waals surface area (Å²) in [5.74, 6) is -1.03. The summed E-state index contributed by atoms with van der Waals surface area (Å²) in [6, 6.07) is 10.2. The largest absolute Gasteiger partial charge is 0.465 e. The molecule has 0 fully saturated rings. The van der Waals surface area contributed by atoms with E-state index in [0.29, 0.717) is 27.1 Å². The molecule has 172 valence electrons. The standard InChI is InChI=1S/C25H19BrN2O5S/c1-11-8-16-17(9-12(11)2)33-21-18(20(16)29)19(14-6-5-7-15(26)10-14)28(23(21)30)25-27-13(3)22(34-25)24(31)32-4/h5-10,19H,1-4H3. The number of carbonyl (C=O) groups is 2. The Hall–Kier alpha value is -3.30. The monoisotopic (exact) mass is 538 g/mol. The molecule has 0 aliphatic carbocycles. The minimum atomic E-state index is -0.765. The summed E-state index contributed by atoms with van der Waals surface area (Å²) in [4.78, 5) is 45.9. The number of amides is 1. The van der Waals surface area contributed by atoms with Gasteiger partial charge >= 0.3 is 5.97 Å². The SMILES string of the molecule is COC(=O)c1sc(N2C(=O)c3oc4cc(C)c(C)cc4c(=O)c3C2c2cccc(Br)c2)nc1C. The van der Waals surface area contributed by atoms with Gasteiger partial charge in [0, 0.05) is 4.47 Å². The highest BCUT2D eigenvalue weighted by Gasteiger charge is 2.45. The van der Waals surface area contributed by atoms with E-state index < -0.39 is 17.9 Å². The molecule has 7 nitrogen and oxygen atoms in total. The number of hydrogen-bond donors (Lipinski definition) is 0. The summed E-state index contributed by atoms with van der Waals surface area (Å²) >= 11 is 4.53. The summed E-state index contributed by atoms with van der Waals surface area (Å²) in [5, 5.41) is 0.706. The molecule has 5 rings (SSSR count). The molecule has 1 atom stereocenters. The van der Waals surface area contributed by atoms with Crippen molar-refractivity contribution < 1.29 is 18.7 Å². The maximum atomic E-state index is 13.8. The van der Waals surface area contributed by atoms with Gasteiger partial charge in [-0.3, -0.25) is 14.5 Å². The molecular weight excluding hydrogens is 520 g/mol. The molecule has 0 spiro atoms. The van der Waals surface area contributed by atoms with Crippen LogP contribution in [0.25, 0.3) is 11.0 Å². The second kappa shape index (κ2) is 8.18. The minimum Gasteiger partial charge on any atom is -0.465 e.